The number of hydrogen-bond donors (Lipinski definition) is 2. The van der Waals surface area contributed by atoms with Crippen molar-refractivity contribution in [2.24, 2.45) is 0 Å². The molecular formula is C21H25N3O5S. The van der Waals surface area contributed by atoms with Gasteiger partial charge in [0, 0.05) is 31.8 Å². The van der Waals surface area contributed by atoms with Gasteiger partial charge in [-0.3, -0.25) is 14.3 Å². The summed E-state index contributed by atoms with van der Waals surface area (Å²) >= 11 is 0. The molecule has 0 fully saturated rings. The highest BCUT2D eigenvalue weighted by atomic mass is 32.2. The molecule has 0 radical (unpaired) electrons. The molecule has 0 saturated carbocycles. The highest BCUT2D eigenvalue weighted by Gasteiger charge is 2.23. The fourth-order valence-electron chi connectivity index (χ4n) is 3.33. The van der Waals surface area contributed by atoms with E-state index in [0.717, 1.165) is 17.7 Å². The van der Waals surface area contributed by atoms with E-state index in [-0.39, 0.29) is 23.3 Å². The van der Waals surface area contributed by atoms with Crippen molar-refractivity contribution >= 4 is 33.2 Å². The van der Waals surface area contributed by atoms with Gasteiger partial charge in [0.2, 0.25) is 5.91 Å². The van der Waals surface area contributed by atoms with E-state index in [1.807, 2.05) is 6.92 Å². The Balaban J connectivity index is 1.76. The normalized spacial score (nSPS) is 13.3. The lowest BCUT2D eigenvalue weighted by Crippen LogP contribution is -2.33. The van der Waals surface area contributed by atoms with E-state index in [0.29, 0.717) is 30.9 Å². The van der Waals surface area contributed by atoms with Crippen molar-refractivity contribution in [1.82, 2.24) is 5.32 Å². The number of likely N-dealkylation sites (N-methyl/N-ethyl adjacent to an activating group) is 1. The molecule has 0 spiro atoms. The van der Waals surface area contributed by atoms with Gasteiger partial charge in [-0.2, -0.15) is 0 Å². The number of nitrogens with zero attached hydrogens (tertiary/aromatic N) is 1. The van der Waals surface area contributed by atoms with Gasteiger partial charge in [0.1, 0.15) is 5.75 Å². The Kier molecular flexibility index (Phi) is 6.61. The zero-order chi connectivity index (χ0) is 21.7. The lowest BCUT2D eigenvalue weighted by atomic mass is 10.0. The summed E-state index contributed by atoms with van der Waals surface area (Å²) in [6, 6.07) is 11.2. The highest BCUT2D eigenvalue weighted by Crippen LogP contribution is 2.30. The maximum absolute atomic E-state index is 12.9. The number of hydrogen-bond acceptors (Lipinski definition) is 5. The zero-order valence-corrected chi connectivity index (χ0v) is 17.8. The summed E-state index contributed by atoms with van der Waals surface area (Å²) in [7, 11) is -3.83. The molecule has 1 heterocycles. The number of benzene rings is 2. The molecule has 1 aliphatic heterocycles. The Morgan fingerprint density at radius 3 is 2.70 bits per heavy atom. The molecule has 0 saturated heterocycles. The maximum Gasteiger partial charge on any atom is 0.261 e. The number of aryl methyl sites for hydroxylation is 1. The average molecular weight is 432 g/mol. The van der Waals surface area contributed by atoms with Crippen molar-refractivity contribution in [3.63, 3.8) is 0 Å². The van der Waals surface area contributed by atoms with Crippen LogP contribution in [-0.4, -0.2) is 39.9 Å². The van der Waals surface area contributed by atoms with Crippen LogP contribution in [0.25, 0.3) is 0 Å². The Morgan fingerprint density at radius 2 is 1.97 bits per heavy atom. The number of carbonyl (C=O) groups excluding carboxylic acids is 2. The number of ether oxygens (including phenoxy) is 1. The number of rotatable bonds is 7. The lowest BCUT2D eigenvalue weighted by molar-refractivity contribution is -0.123. The van der Waals surface area contributed by atoms with Crippen LogP contribution < -0.4 is 19.7 Å². The van der Waals surface area contributed by atoms with Crippen molar-refractivity contribution in [3.05, 3.63) is 48.0 Å². The van der Waals surface area contributed by atoms with Gasteiger partial charge in [-0.25, -0.2) is 8.42 Å². The van der Waals surface area contributed by atoms with E-state index in [1.54, 1.807) is 35.2 Å². The van der Waals surface area contributed by atoms with Crippen molar-refractivity contribution < 1.29 is 22.7 Å². The summed E-state index contributed by atoms with van der Waals surface area (Å²) in [4.78, 5) is 25.1. The minimum atomic E-state index is -3.83. The Morgan fingerprint density at radius 1 is 1.17 bits per heavy atom. The van der Waals surface area contributed by atoms with Crippen LogP contribution in [0, 0.1) is 0 Å². The SMILES string of the molecule is CCNC(=O)COc1cccc(NS(=O)(=O)c2ccc3c(c2)CCCN3C(C)=O)c1. The van der Waals surface area contributed by atoms with Gasteiger partial charge >= 0.3 is 0 Å². The summed E-state index contributed by atoms with van der Waals surface area (Å²) < 4.78 is 33.7. The van der Waals surface area contributed by atoms with Crippen LogP contribution in [0.15, 0.2) is 47.4 Å². The summed E-state index contributed by atoms with van der Waals surface area (Å²) in [5.41, 5.74) is 1.92. The lowest BCUT2D eigenvalue weighted by Gasteiger charge is -2.28. The van der Waals surface area contributed by atoms with Gasteiger partial charge in [0.15, 0.2) is 6.61 Å². The molecule has 2 aromatic rings. The second kappa shape index (κ2) is 9.17. The van der Waals surface area contributed by atoms with Crippen LogP contribution in [-0.2, 0) is 26.0 Å². The molecule has 2 amide bonds. The fraction of sp³-hybridized carbons (Fsp3) is 0.333. The molecule has 0 unspecified atom stereocenters. The quantitative estimate of drug-likeness (QED) is 0.700. The van der Waals surface area contributed by atoms with Gasteiger partial charge in [-0.1, -0.05) is 6.07 Å². The zero-order valence-electron chi connectivity index (χ0n) is 17.0. The largest absolute Gasteiger partial charge is 0.484 e. The van der Waals surface area contributed by atoms with Crippen molar-refractivity contribution in [2.45, 2.75) is 31.6 Å². The van der Waals surface area contributed by atoms with E-state index in [4.69, 9.17) is 4.74 Å². The third kappa shape index (κ3) is 5.10. The first kappa shape index (κ1) is 21.6. The molecule has 3 rings (SSSR count). The van der Waals surface area contributed by atoms with Crippen LogP contribution >= 0.6 is 0 Å². The summed E-state index contributed by atoms with van der Waals surface area (Å²) in [5.74, 6) is 0.0651. The molecule has 2 N–H and O–H groups in total. The third-order valence-electron chi connectivity index (χ3n) is 4.69. The Labute approximate surface area is 176 Å². The third-order valence-corrected chi connectivity index (χ3v) is 6.07. The molecule has 8 nitrogen and oxygen atoms in total. The second-order valence-corrected chi connectivity index (χ2v) is 8.62. The molecular weight excluding hydrogens is 406 g/mol. The minimum Gasteiger partial charge on any atom is -0.484 e. The highest BCUT2D eigenvalue weighted by molar-refractivity contribution is 7.92. The average Bonchev–Trinajstić information content (AvgIpc) is 2.71. The van der Waals surface area contributed by atoms with Crippen LogP contribution in [0.5, 0.6) is 5.75 Å². The molecule has 160 valence electrons. The number of nitrogens with one attached hydrogen (secondary N) is 2. The van der Waals surface area contributed by atoms with E-state index in [9.17, 15) is 18.0 Å². The van der Waals surface area contributed by atoms with Crippen LogP contribution in [0.2, 0.25) is 0 Å². The minimum absolute atomic E-state index is 0.0610. The number of carbonyl (C=O) groups is 2. The van der Waals surface area contributed by atoms with Gasteiger partial charge in [0.05, 0.1) is 10.6 Å². The molecule has 1 aliphatic rings. The standard InChI is InChI=1S/C21H25N3O5S/c1-3-22-21(26)14-29-18-8-4-7-17(13-18)23-30(27,28)19-9-10-20-16(12-19)6-5-11-24(20)15(2)25/h4,7-10,12-13,23H,3,5-6,11,14H2,1-2H3,(H,22,26). The number of fused-ring (bicyclic) bond motifs is 1. The summed E-state index contributed by atoms with van der Waals surface area (Å²) in [6.45, 7) is 4.30. The van der Waals surface area contributed by atoms with Crippen molar-refractivity contribution in [3.8, 4) is 5.75 Å². The van der Waals surface area contributed by atoms with Gasteiger partial charge in [-0.05, 0) is 55.7 Å². The van der Waals surface area contributed by atoms with E-state index >= 15 is 0 Å². The summed E-state index contributed by atoms with van der Waals surface area (Å²) in [5, 5.41) is 2.63. The maximum atomic E-state index is 12.9. The van der Waals surface area contributed by atoms with Crippen LogP contribution in [0.3, 0.4) is 0 Å². The van der Waals surface area contributed by atoms with Crippen molar-refractivity contribution in [2.75, 3.05) is 29.3 Å². The molecule has 0 bridgehead atoms. The molecule has 0 aromatic heterocycles. The number of sulfonamides is 1. The van der Waals surface area contributed by atoms with Crippen LogP contribution in [0.4, 0.5) is 11.4 Å². The van der Waals surface area contributed by atoms with Gasteiger partial charge in [0.25, 0.3) is 15.9 Å². The van der Waals surface area contributed by atoms with Crippen molar-refractivity contribution in [1.29, 1.82) is 0 Å². The monoisotopic (exact) mass is 431 g/mol. The second-order valence-electron chi connectivity index (χ2n) is 6.94. The number of amides is 2. The Bertz CT molecular complexity index is 1050. The molecule has 0 atom stereocenters. The van der Waals surface area contributed by atoms with E-state index < -0.39 is 10.0 Å². The smallest absolute Gasteiger partial charge is 0.261 e. The first-order valence-electron chi connectivity index (χ1n) is 9.73. The molecule has 9 heteroatoms. The van der Waals surface area contributed by atoms with E-state index in [1.165, 1.54) is 19.1 Å². The molecule has 2 aromatic carbocycles. The summed E-state index contributed by atoms with van der Waals surface area (Å²) in [6.07, 6.45) is 1.50. The predicted molar refractivity (Wildman–Crippen MR) is 114 cm³/mol. The fourth-order valence-corrected chi connectivity index (χ4v) is 4.43. The first-order valence-corrected chi connectivity index (χ1v) is 11.2. The predicted octanol–water partition coefficient (Wildman–Crippen LogP) is 2.30. The number of anilines is 2. The topological polar surface area (TPSA) is 105 Å². The molecule has 0 aliphatic carbocycles. The molecule has 30 heavy (non-hydrogen) atoms. The van der Waals surface area contributed by atoms with E-state index in [2.05, 4.69) is 10.0 Å². The van der Waals surface area contributed by atoms with Crippen LogP contribution in [0.1, 0.15) is 25.8 Å². The first-order chi connectivity index (χ1) is 14.3. The van der Waals surface area contributed by atoms with Gasteiger partial charge < -0.3 is 15.0 Å². The Hall–Kier alpha value is -3.07. The van der Waals surface area contributed by atoms with Gasteiger partial charge in [-0.15, -0.1) is 0 Å².